The summed E-state index contributed by atoms with van der Waals surface area (Å²) in [5, 5.41) is 9.25. The van der Waals surface area contributed by atoms with Gasteiger partial charge in [-0.2, -0.15) is 4.31 Å². The van der Waals surface area contributed by atoms with Crippen molar-refractivity contribution in [1.82, 2.24) is 4.31 Å². The molecule has 0 aromatic heterocycles. The van der Waals surface area contributed by atoms with Crippen molar-refractivity contribution in [2.75, 3.05) is 36.8 Å². The highest BCUT2D eigenvalue weighted by Crippen LogP contribution is 2.20. The van der Waals surface area contributed by atoms with Crippen LogP contribution in [0.4, 0.5) is 5.69 Å². The number of halogens is 1. The summed E-state index contributed by atoms with van der Waals surface area (Å²) in [6.45, 7) is 1.89. The summed E-state index contributed by atoms with van der Waals surface area (Å²) in [7, 11) is -3.49. The second kappa shape index (κ2) is 6.64. The zero-order chi connectivity index (χ0) is 15.5. The highest BCUT2D eigenvalue weighted by molar-refractivity contribution is 7.89. The van der Waals surface area contributed by atoms with Crippen LogP contribution in [-0.2, 0) is 14.8 Å². The van der Waals surface area contributed by atoms with Gasteiger partial charge in [-0.05, 0) is 24.3 Å². The van der Waals surface area contributed by atoms with Crippen LogP contribution in [0, 0.1) is 0 Å². The molecule has 0 atom stereocenters. The molecule has 0 amide bonds. The summed E-state index contributed by atoms with van der Waals surface area (Å²) < 4.78 is 25.4. The second-order valence-electron chi connectivity index (χ2n) is 4.82. The van der Waals surface area contributed by atoms with Crippen molar-refractivity contribution in [3.63, 3.8) is 0 Å². The zero-order valence-electron chi connectivity index (χ0n) is 11.4. The fraction of sp³-hybridized carbons (Fsp3) is 0.462. The van der Waals surface area contributed by atoms with E-state index in [2.05, 4.69) is 4.90 Å². The van der Waals surface area contributed by atoms with Crippen LogP contribution < -0.4 is 4.90 Å². The number of carboxylic acids is 1. The Kier molecular flexibility index (Phi) is 5.08. The molecule has 0 spiro atoms. The van der Waals surface area contributed by atoms with E-state index >= 15 is 0 Å². The molecule has 116 valence electrons. The average molecular weight is 333 g/mol. The third kappa shape index (κ3) is 4.33. The number of hydrogen-bond acceptors (Lipinski definition) is 4. The molecule has 0 radical (unpaired) electrons. The lowest BCUT2D eigenvalue weighted by molar-refractivity contribution is -0.136. The maximum absolute atomic E-state index is 12.0. The quantitative estimate of drug-likeness (QED) is 0.878. The predicted octanol–water partition coefficient (Wildman–Crippen LogP) is 1.27. The molecule has 1 N–H and O–H groups in total. The van der Waals surface area contributed by atoms with Gasteiger partial charge in [0, 0.05) is 36.9 Å². The highest BCUT2D eigenvalue weighted by atomic mass is 35.5. The Balaban J connectivity index is 1.93. The number of anilines is 1. The molecule has 0 saturated carbocycles. The molecule has 2 rings (SSSR count). The molecule has 1 saturated heterocycles. The van der Waals surface area contributed by atoms with Gasteiger partial charge >= 0.3 is 5.97 Å². The van der Waals surface area contributed by atoms with E-state index in [-0.39, 0.29) is 12.2 Å². The standard InChI is InChI=1S/C13H17ClN2O4S/c14-11-1-3-12(4-2-11)15-6-8-16(9-7-15)21(19,20)10-5-13(17)18/h1-4H,5-10H2,(H,17,18). The monoisotopic (exact) mass is 332 g/mol. The Bertz CT molecular complexity index is 595. The van der Waals surface area contributed by atoms with Gasteiger partial charge in [0.2, 0.25) is 10.0 Å². The number of rotatable bonds is 5. The SMILES string of the molecule is O=C(O)CCS(=O)(=O)N1CCN(c2ccc(Cl)cc2)CC1. The van der Waals surface area contributed by atoms with Gasteiger partial charge in [0.1, 0.15) is 0 Å². The van der Waals surface area contributed by atoms with Crippen molar-refractivity contribution in [1.29, 1.82) is 0 Å². The van der Waals surface area contributed by atoms with Crippen LogP contribution >= 0.6 is 11.6 Å². The molecule has 1 fully saturated rings. The Morgan fingerprint density at radius 3 is 2.24 bits per heavy atom. The number of aliphatic carboxylic acids is 1. The first-order valence-electron chi connectivity index (χ1n) is 6.58. The number of benzene rings is 1. The van der Waals surface area contributed by atoms with Crippen molar-refractivity contribution >= 4 is 33.3 Å². The summed E-state index contributed by atoms with van der Waals surface area (Å²) >= 11 is 5.84. The van der Waals surface area contributed by atoms with Crippen molar-refractivity contribution in [2.45, 2.75) is 6.42 Å². The molecule has 1 aromatic rings. The number of carbonyl (C=O) groups is 1. The van der Waals surface area contributed by atoms with Gasteiger partial charge in [-0.15, -0.1) is 0 Å². The topological polar surface area (TPSA) is 77.9 Å². The van der Waals surface area contributed by atoms with Crippen LogP contribution in [0.1, 0.15) is 6.42 Å². The molecule has 1 aliphatic rings. The normalized spacial score (nSPS) is 16.9. The van der Waals surface area contributed by atoms with E-state index in [1.54, 1.807) is 12.1 Å². The first-order chi connectivity index (χ1) is 9.88. The summed E-state index contributed by atoms with van der Waals surface area (Å²) in [5.74, 6) is -1.44. The number of sulfonamides is 1. The molecule has 1 heterocycles. The number of carboxylic acid groups (broad SMARTS) is 1. The van der Waals surface area contributed by atoms with Crippen LogP contribution in [0.15, 0.2) is 24.3 Å². The second-order valence-corrected chi connectivity index (χ2v) is 7.35. The van der Waals surface area contributed by atoms with Crippen LogP contribution in [0.25, 0.3) is 0 Å². The fourth-order valence-electron chi connectivity index (χ4n) is 2.22. The number of piperazine rings is 1. The lowest BCUT2D eigenvalue weighted by atomic mass is 10.2. The minimum Gasteiger partial charge on any atom is -0.481 e. The summed E-state index contributed by atoms with van der Waals surface area (Å²) in [5.41, 5.74) is 1.00. The van der Waals surface area contributed by atoms with Gasteiger partial charge in [-0.25, -0.2) is 8.42 Å². The number of nitrogens with zero attached hydrogens (tertiary/aromatic N) is 2. The van der Waals surface area contributed by atoms with Gasteiger partial charge in [0.05, 0.1) is 12.2 Å². The zero-order valence-corrected chi connectivity index (χ0v) is 13.0. The summed E-state index contributed by atoms with van der Waals surface area (Å²) in [4.78, 5) is 12.6. The lowest BCUT2D eigenvalue weighted by Gasteiger charge is -2.35. The van der Waals surface area contributed by atoms with Gasteiger partial charge < -0.3 is 10.0 Å². The third-order valence-corrected chi connectivity index (χ3v) is 5.52. The van der Waals surface area contributed by atoms with Crippen molar-refractivity contribution in [2.24, 2.45) is 0 Å². The Labute approximate surface area is 129 Å². The molecular formula is C13H17ClN2O4S. The molecule has 21 heavy (non-hydrogen) atoms. The number of hydrogen-bond donors (Lipinski definition) is 1. The van der Waals surface area contributed by atoms with Crippen LogP contribution in [-0.4, -0.2) is 55.7 Å². The molecule has 0 aliphatic carbocycles. The maximum Gasteiger partial charge on any atom is 0.304 e. The van der Waals surface area contributed by atoms with Gasteiger partial charge in [-0.3, -0.25) is 4.79 Å². The van der Waals surface area contributed by atoms with E-state index in [9.17, 15) is 13.2 Å². The fourth-order valence-corrected chi connectivity index (χ4v) is 3.76. The molecule has 1 aliphatic heterocycles. The van der Waals surface area contributed by atoms with Crippen LogP contribution in [0.5, 0.6) is 0 Å². The molecule has 0 bridgehead atoms. The van der Waals surface area contributed by atoms with Crippen LogP contribution in [0.2, 0.25) is 5.02 Å². The minimum atomic E-state index is -3.49. The molecule has 0 unspecified atom stereocenters. The van der Waals surface area contributed by atoms with E-state index in [1.165, 1.54) is 4.31 Å². The van der Waals surface area contributed by atoms with Crippen molar-refractivity contribution in [3.8, 4) is 0 Å². The van der Waals surface area contributed by atoms with Crippen molar-refractivity contribution < 1.29 is 18.3 Å². The van der Waals surface area contributed by atoms with E-state index in [4.69, 9.17) is 16.7 Å². The third-order valence-electron chi connectivity index (χ3n) is 3.40. The highest BCUT2D eigenvalue weighted by Gasteiger charge is 2.27. The molecular weight excluding hydrogens is 316 g/mol. The molecule has 8 heteroatoms. The Morgan fingerprint density at radius 2 is 1.71 bits per heavy atom. The Morgan fingerprint density at radius 1 is 1.14 bits per heavy atom. The van der Waals surface area contributed by atoms with Gasteiger partial charge in [-0.1, -0.05) is 11.6 Å². The van der Waals surface area contributed by atoms with Gasteiger partial charge in [0.25, 0.3) is 0 Å². The van der Waals surface area contributed by atoms with Gasteiger partial charge in [0.15, 0.2) is 0 Å². The molecule has 1 aromatic carbocycles. The molecule has 6 nitrogen and oxygen atoms in total. The van der Waals surface area contributed by atoms with E-state index < -0.39 is 16.0 Å². The largest absolute Gasteiger partial charge is 0.481 e. The van der Waals surface area contributed by atoms with E-state index in [1.807, 2.05) is 12.1 Å². The van der Waals surface area contributed by atoms with Crippen molar-refractivity contribution in [3.05, 3.63) is 29.3 Å². The van der Waals surface area contributed by atoms with E-state index in [0.717, 1.165) is 5.69 Å². The predicted molar refractivity (Wildman–Crippen MR) is 81.3 cm³/mol. The Hall–Kier alpha value is -1.31. The first-order valence-corrected chi connectivity index (χ1v) is 8.57. The minimum absolute atomic E-state index is 0.344. The first kappa shape index (κ1) is 16.1. The lowest BCUT2D eigenvalue weighted by Crippen LogP contribution is -2.49. The summed E-state index contributed by atoms with van der Waals surface area (Å²) in [6, 6.07) is 7.40. The smallest absolute Gasteiger partial charge is 0.304 e. The van der Waals surface area contributed by atoms with E-state index in [0.29, 0.717) is 31.2 Å². The summed E-state index contributed by atoms with van der Waals surface area (Å²) in [6.07, 6.45) is -0.361. The average Bonchev–Trinajstić information content (AvgIpc) is 2.46. The van der Waals surface area contributed by atoms with Crippen LogP contribution in [0.3, 0.4) is 0 Å². The maximum atomic E-state index is 12.0.